The average molecular weight is 383 g/mol. The summed E-state index contributed by atoms with van der Waals surface area (Å²) in [5.41, 5.74) is 3.69. The number of carbonyl (C=O) groups excluding carboxylic acids is 2. The minimum atomic E-state index is -0.562. The number of nitrogens with one attached hydrogen (secondary N) is 1. The van der Waals surface area contributed by atoms with Crippen LogP contribution in [0.5, 0.6) is 0 Å². The van der Waals surface area contributed by atoms with Crippen molar-refractivity contribution in [1.82, 2.24) is 4.90 Å². The second-order valence-corrected chi connectivity index (χ2v) is 6.67. The molecule has 2 aromatic carbocycles. The number of nitrogens with zero attached hydrogens (tertiary/aromatic N) is 2. The first-order valence-corrected chi connectivity index (χ1v) is 9.13. The molecular weight excluding hydrogens is 362 g/mol. The SMILES string of the molecule is CCCN(CCC)C(=O)c1cc(NO)cc2c1-c1ccc([N+](=O)[O-])cc1C2=O. The molecule has 2 aromatic rings. The number of fused-ring (bicyclic) bond motifs is 3. The lowest BCUT2D eigenvalue weighted by Gasteiger charge is -2.23. The normalized spacial score (nSPS) is 11.8. The number of anilines is 1. The topological polar surface area (TPSA) is 113 Å². The molecule has 0 saturated heterocycles. The van der Waals surface area contributed by atoms with E-state index < -0.39 is 10.7 Å². The maximum atomic E-state index is 13.2. The largest absolute Gasteiger partial charge is 0.339 e. The molecule has 3 rings (SSSR count). The van der Waals surface area contributed by atoms with E-state index in [9.17, 15) is 24.9 Å². The number of nitro groups is 1. The third-order valence-corrected chi connectivity index (χ3v) is 4.74. The molecule has 0 unspecified atom stereocenters. The number of rotatable bonds is 7. The molecule has 0 spiro atoms. The zero-order valence-electron chi connectivity index (χ0n) is 15.7. The molecule has 1 aliphatic rings. The van der Waals surface area contributed by atoms with E-state index in [2.05, 4.69) is 0 Å². The van der Waals surface area contributed by atoms with E-state index in [-0.39, 0.29) is 34.0 Å². The number of amides is 1. The van der Waals surface area contributed by atoms with Crippen molar-refractivity contribution in [2.75, 3.05) is 18.6 Å². The Morgan fingerprint density at radius 2 is 1.79 bits per heavy atom. The van der Waals surface area contributed by atoms with Crippen LogP contribution in [0, 0.1) is 10.1 Å². The maximum absolute atomic E-state index is 13.2. The van der Waals surface area contributed by atoms with Gasteiger partial charge < -0.3 is 4.90 Å². The van der Waals surface area contributed by atoms with Gasteiger partial charge >= 0.3 is 0 Å². The van der Waals surface area contributed by atoms with E-state index in [0.29, 0.717) is 24.2 Å². The molecule has 0 radical (unpaired) electrons. The lowest BCUT2D eigenvalue weighted by molar-refractivity contribution is -0.384. The van der Waals surface area contributed by atoms with Gasteiger partial charge in [0.15, 0.2) is 5.78 Å². The molecular formula is C20H21N3O5. The zero-order chi connectivity index (χ0) is 20.4. The van der Waals surface area contributed by atoms with Gasteiger partial charge in [0.05, 0.1) is 16.2 Å². The second kappa shape index (κ2) is 7.77. The predicted molar refractivity (Wildman–Crippen MR) is 104 cm³/mol. The summed E-state index contributed by atoms with van der Waals surface area (Å²) in [6, 6.07) is 7.01. The number of hydrogen-bond donors (Lipinski definition) is 2. The number of hydrogen-bond acceptors (Lipinski definition) is 6. The Labute approximate surface area is 161 Å². The molecule has 8 nitrogen and oxygen atoms in total. The van der Waals surface area contributed by atoms with Crippen molar-refractivity contribution in [2.24, 2.45) is 0 Å². The Balaban J connectivity index is 2.20. The van der Waals surface area contributed by atoms with Crippen molar-refractivity contribution >= 4 is 23.1 Å². The van der Waals surface area contributed by atoms with E-state index in [1.807, 2.05) is 19.3 Å². The highest BCUT2D eigenvalue weighted by molar-refractivity contribution is 6.25. The van der Waals surface area contributed by atoms with Crippen LogP contribution in [-0.4, -0.2) is 39.8 Å². The van der Waals surface area contributed by atoms with E-state index in [1.165, 1.54) is 30.3 Å². The third kappa shape index (κ3) is 3.22. The summed E-state index contributed by atoms with van der Waals surface area (Å²) in [6.45, 7) is 5.09. The fourth-order valence-corrected chi connectivity index (χ4v) is 3.57. The molecule has 8 heteroatoms. The Hall–Kier alpha value is -3.26. The summed E-state index contributed by atoms with van der Waals surface area (Å²) in [5.74, 6) is -0.645. The van der Waals surface area contributed by atoms with Gasteiger partial charge in [-0.2, -0.15) is 0 Å². The van der Waals surface area contributed by atoms with Gasteiger partial charge in [0.1, 0.15) is 0 Å². The molecule has 0 aliphatic heterocycles. The molecule has 2 N–H and O–H groups in total. The van der Waals surface area contributed by atoms with Crippen molar-refractivity contribution in [3.05, 3.63) is 57.1 Å². The minimum Gasteiger partial charge on any atom is -0.339 e. The van der Waals surface area contributed by atoms with Crippen LogP contribution >= 0.6 is 0 Å². The van der Waals surface area contributed by atoms with Crippen LogP contribution in [0.1, 0.15) is 53.0 Å². The summed E-state index contributed by atoms with van der Waals surface area (Å²) in [5, 5.41) is 20.4. The number of benzene rings is 2. The van der Waals surface area contributed by atoms with Crippen molar-refractivity contribution in [2.45, 2.75) is 26.7 Å². The highest BCUT2D eigenvalue weighted by Gasteiger charge is 2.34. The van der Waals surface area contributed by atoms with Crippen LogP contribution in [-0.2, 0) is 0 Å². The van der Waals surface area contributed by atoms with Crippen LogP contribution in [0.3, 0.4) is 0 Å². The van der Waals surface area contributed by atoms with Crippen LogP contribution in [0.15, 0.2) is 30.3 Å². The fourth-order valence-electron chi connectivity index (χ4n) is 3.57. The summed E-state index contributed by atoms with van der Waals surface area (Å²) in [6.07, 6.45) is 1.57. The van der Waals surface area contributed by atoms with Crippen molar-refractivity contribution < 1.29 is 19.7 Å². The Kier molecular flexibility index (Phi) is 5.41. The summed E-state index contributed by atoms with van der Waals surface area (Å²) in [4.78, 5) is 38.3. The van der Waals surface area contributed by atoms with Gasteiger partial charge in [-0.1, -0.05) is 13.8 Å². The van der Waals surface area contributed by atoms with Gasteiger partial charge in [0.25, 0.3) is 11.6 Å². The van der Waals surface area contributed by atoms with Crippen molar-refractivity contribution in [3.8, 4) is 11.1 Å². The van der Waals surface area contributed by atoms with E-state index in [1.54, 1.807) is 4.90 Å². The number of carbonyl (C=O) groups is 2. The standard InChI is InChI=1S/C20H21N3O5/c1-3-7-22(8-4-2)20(25)17-10-12(21-26)9-16-18(17)14-6-5-13(23(27)28)11-15(14)19(16)24/h5-6,9-11,21,26H,3-4,7-8H2,1-2H3. The molecule has 0 fully saturated rings. The smallest absolute Gasteiger partial charge is 0.270 e. The minimum absolute atomic E-state index is 0.186. The molecule has 0 bridgehead atoms. The predicted octanol–water partition coefficient (Wildman–Crippen LogP) is 3.87. The zero-order valence-corrected chi connectivity index (χ0v) is 15.7. The quantitative estimate of drug-likeness (QED) is 0.473. The first-order valence-electron chi connectivity index (χ1n) is 9.13. The van der Waals surface area contributed by atoms with Gasteiger partial charge in [-0.25, -0.2) is 0 Å². The number of ketones is 1. The molecule has 1 amide bonds. The summed E-state index contributed by atoms with van der Waals surface area (Å²) < 4.78 is 0. The van der Waals surface area contributed by atoms with Crippen LogP contribution in [0.25, 0.3) is 11.1 Å². The van der Waals surface area contributed by atoms with E-state index >= 15 is 0 Å². The fraction of sp³-hybridized carbons (Fsp3) is 0.300. The van der Waals surface area contributed by atoms with E-state index in [4.69, 9.17) is 0 Å². The molecule has 0 atom stereocenters. The highest BCUT2D eigenvalue weighted by atomic mass is 16.6. The summed E-state index contributed by atoms with van der Waals surface area (Å²) in [7, 11) is 0. The van der Waals surface area contributed by atoms with Crippen molar-refractivity contribution in [3.63, 3.8) is 0 Å². The van der Waals surface area contributed by atoms with Gasteiger partial charge in [0.2, 0.25) is 0 Å². The number of non-ortho nitro benzene ring substituents is 1. The molecule has 0 aromatic heterocycles. The Morgan fingerprint density at radius 3 is 2.36 bits per heavy atom. The summed E-state index contributed by atoms with van der Waals surface area (Å²) >= 11 is 0. The molecule has 146 valence electrons. The average Bonchev–Trinajstić information content (AvgIpc) is 2.98. The number of nitro benzene ring substituents is 1. The van der Waals surface area contributed by atoms with Gasteiger partial charge in [0, 0.05) is 41.9 Å². The van der Waals surface area contributed by atoms with Gasteiger partial charge in [-0.05, 0) is 36.6 Å². The van der Waals surface area contributed by atoms with Gasteiger partial charge in [-0.3, -0.25) is 30.4 Å². The van der Waals surface area contributed by atoms with Crippen LogP contribution < -0.4 is 5.48 Å². The molecule has 0 saturated carbocycles. The first-order chi connectivity index (χ1) is 13.4. The first kappa shape index (κ1) is 19.5. The third-order valence-electron chi connectivity index (χ3n) is 4.74. The molecule has 0 heterocycles. The highest BCUT2D eigenvalue weighted by Crippen LogP contribution is 2.42. The van der Waals surface area contributed by atoms with Crippen molar-refractivity contribution in [1.29, 1.82) is 0 Å². The van der Waals surface area contributed by atoms with E-state index in [0.717, 1.165) is 12.8 Å². The molecule has 1 aliphatic carbocycles. The lowest BCUT2D eigenvalue weighted by Crippen LogP contribution is -2.33. The monoisotopic (exact) mass is 383 g/mol. The Bertz CT molecular complexity index is 965. The van der Waals surface area contributed by atoms with Crippen LogP contribution in [0.2, 0.25) is 0 Å². The lowest BCUT2D eigenvalue weighted by atomic mass is 9.97. The Morgan fingerprint density at radius 1 is 1.11 bits per heavy atom. The maximum Gasteiger partial charge on any atom is 0.270 e. The molecule has 28 heavy (non-hydrogen) atoms. The van der Waals surface area contributed by atoms with Gasteiger partial charge in [-0.15, -0.1) is 0 Å². The second-order valence-electron chi connectivity index (χ2n) is 6.67. The van der Waals surface area contributed by atoms with Crippen LogP contribution in [0.4, 0.5) is 11.4 Å².